The number of rotatable bonds is 6. The van der Waals surface area contributed by atoms with E-state index in [4.69, 9.17) is 4.52 Å². The van der Waals surface area contributed by atoms with E-state index in [1.165, 1.54) is 0 Å². The Morgan fingerprint density at radius 3 is 2.84 bits per heavy atom. The smallest absolute Gasteiger partial charge is 0.225 e. The number of carbonyl (C=O) groups is 1. The van der Waals surface area contributed by atoms with E-state index >= 15 is 0 Å². The van der Waals surface area contributed by atoms with Crippen LogP contribution < -0.4 is 10.6 Å². The Labute approximate surface area is 153 Å². The van der Waals surface area contributed by atoms with E-state index in [0.717, 1.165) is 42.0 Å². The van der Waals surface area contributed by atoms with E-state index < -0.39 is 0 Å². The van der Waals surface area contributed by atoms with E-state index in [0.29, 0.717) is 13.1 Å². The number of aromatic nitrogens is 3. The molecule has 2 aromatic heterocycles. The van der Waals surface area contributed by atoms with Crippen molar-refractivity contribution in [3.63, 3.8) is 0 Å². The van der Waals surface area contributed by atoms with Gasteiger partial charge in [0.25, 0.3) is 0 Å². The summed E-state index contributed by atoms with van der Waals surface area (Å²) in [6, 6.07) is 0. The molecule has 2 aromatic rings. The standard InChI is InChI=1S/C17H25N5O2.ClH/c1-4-15-14(16(5-2)24-21-15)9-19-17(23)13-8-18-7-12(13)11-6-20-22(3)10-11;/h6,10,12-13,18H,4-5,7-9H2,1-3H3,(H,19,23);1H/t12-,13+;/m1./s1. The number of amides is 1. The van der Waals surface area contributed by atoms with Gasteiger partial charge in [-0.3, -0.25) is 9.48 Å². The molecule has 0 unspecified atom stereocenters. The summed E-state index contributed by atoms with van der Waals surface area (Å²) in [5, 5.41) is 14.7. The van der Waals surface area contributed by atoms with E-state index in [1.54, 1.807) is 4.68 Å². The van der Waals surface area contributed by atoms with Crippen LogP contribution in [0.5, 0.6) is 0 Å². The molecule has 0 aromatic carbocycles. The zero-order chi connectivity index (χ0) is 17.1. The highest BCUT2D eigenvalue weighted by molar-refractivity contribution is 5.85. The first-order valence-electron chi connectivity index (χ1n) is 8.57. The zero-order valence-electron chi connectivity index (χ0n) is 14.9. The SMILES string of the molecule is CCc1noc(CC)c1CNC(=O)[C@H]1CNC[C@@H]1c1cnn(C)c1.Cl. The second-order valence-corrected chi connectivity index (χ2v) is 6.27. The molecule has 0 bridgehead atoms. The van der Waals surface area contributed by atoms with Crippen LogP contribution in [0, 0.1) is 5.92 Å². The second-order valence-electron chi connectivity index (χ2n) is 6.27. The first kappa shape index (κ1) is 19.5. The highest BCUT2D eigenvalue weighted by Gasteiger charge is 2.34. The lowest BCUT2D eigenvalue weighted by Gasteiger charge is -2.17. The molecule has 2 N–H and O–H groups in total. The molecule has 8 heteroatoms. The van der Waals surface area contributed by atoms with Gasteiger partial charge in [-0.2, -0.15) is 5.10 Å². The summed E-state index contributed by atoms with van der Waals surface area (Å²) in [6.45, 7) is 6.05. The summed E-state index contributed by atoms with van der Waals surface area (Å²) in [5.74, 6) is 1.02. The lowest BCUT2D eigenvalue weighted by atomic mass is 9.90. The number of hydrogen-bond acceptors (Lipinski definition) is 5. The molecule has 1 aliphatic heterocycles. The number of hydrogen-bond donors (Lipinski definition) is 2. The minimum atomic E-state index is -0.0794. The number of nitrogens with zero attached hydrogens (tertiary/aromatic N) is 3. The second kappa shape index (κ2) is 8.49. The number of carbonyl (C=O) groups excluding carboxylic acids is 1. The van der Waals surface area contributed by atoms with Gasteiger partial charge in [-0.1, -0.05) is 19.0 Å². The molecule has 0 radical (unpaired) electrons. The van der Waals surface area contributed by atoms with Gasteiger partial charge in [0.1, 0.15) is 5.76 Å². The van der Waals surface area contributed by atoms with Gasteiger partial charge in [0.15, 0.2) is 0 Å². The van der Waals surface area contributed by atoms with Gasteiger partial charge in [-0.05, 0) is 12.0 Å². The molecule has 25 heavy (non-hydrogen) atoms. The highest BCUT2D eigenvalue weighted by Crippen LogP contribution is 2.28. The quantitative estimate of drug-likeness (QED) is 0.809. The molecule has 0 spiro atoms. The molecule has 1 fully saturated rings. The number of aryl methyl sites for hydroxylation is 3. The lowest BCUT2D eigenvalue weighted by molar-refractivity contribution is -0.125. The fourth-order valence-electron chi connectivity index (χ4n) is 3.38. The van der Waals surface area contributed by atoms with Gasteiger partial charge in [0, 0.05) is 50.8 Å². The molecule has 0 aliphatic carbocycles. The summed E-state index contributed by atoms with van der Waals surface area (Å²) in [7, 11) is 1.89. The molecular weight excluding hydrogens is 342 g/mol. The normalized spacial score (nSPS) is 19.6. The Balaban J connectivity index is 0.00000225. The molecule has 3 heterocycles. The third-order valence-corrected chi connectivity index (χ3v) is 4.75. The minimum absolute atomic E-state index is 0. The van der Waals surface area contributed by atoms with Crippen molar-refractivity contribution in [3.05, 3.63) is 35.0 Å². The van der Waals surface area contributed by atoms with Crippen LogP contribution in [-0.4, -0.2) is 33.9 Å². The fourth-order valence-corrected chi connectivity index (χ4v) is 3.38. The maximum absolute atomic E-state index is 12.7. The number of nitrogens with one attached hydrogen (secondary N) is 2. The Morgan fingerprint density at radius 1 is 1.40 bits per heavy atom. The van der Waals surface area contributed by atoms with Crippen LogP contribution in [0.3, 0.4) is 0 Å². The summed E-state index contributed by atoms with van der Waals surface area (Å²) in [4.78, 5) is 12.7. The average Bonchev–Trinajstić information content (AvgIpc) is 3.30. The minimum Gasteiger partial charge on any atom is -0.361 e. The highest BCUT2D eigenvalue weighted by atomic mass is 35.5. The molecule has 1 saturated heterocycles. The maximum atomic E-state index is 12.7. The van der Waals surface area contributed by atoms with Crippen molar-refractivity contribution in [1.82, 2.24) is 25.6 Å². The van der Waals surface area contributed by atoms with Crippen LogP contribution in [0.25, 0.3) is 0 Å². The van der Waals surface area contributed by atoms with Crippen molar-refractivity contribution in [2.75, 3.05) is 13.1 Å². The summed E-state index contributed by atoms with van der Waals surface area (Å²) < 4.78 is 7.14. The molecule has 1 amide bonds. The molecule has 138 valence electrons. The molecule has 1 aliphatic rings. The maximum Gasteiger partial charge on any atom is 0.225 e. The first-order valence-corrected chi connectivity index (χ1v) is 8.57. The average molecular weight is 368 g/mol. The van der Waals surface area contributed by atoms with Gasteiger partial charge < -0.3 is 15.2 Å². The third kappa shape index (κ3) is 4.04. The molecule has 2 atom stereocenters. The number of halogens is 1. The monoisotopic (exact) mass is 367 g/mol. The van der Waals surface area contributed by atoms with E-state index in [1.807, 2.05) is 33.3 Å². The molecular formula is C17H26ClN5O2. The molecule has 0 saturated carbocycles. The van der Waals surface area contributed by atoms with Crippen LogP contribution in [0.4, 0.5) is 0 Å². The Kier molecular flexibility index (Phi) is 6.61. The molecule has 3 rings (SSSR count). The lowest BCUT2D eigenvalue weighted by Crippen LogP contribution is -2.34. The summed E-state index contributed by atoms with van der Waals surface area (Å²) in [6.07, 6.45) is 5.42. The first-order chi connectivity index (χ1) is 11.6. The zero-order valence-corrected chi connectivity index (χ0v) is 15.7. The Hall–Kier alpha value is -1.86. The van der Waals surface area contributed by atoms with Crippen LogP contribution in [0.1, 0.15) is 42.3 Å². The van der Waals surface area contributed by atoms with Gasteiger partial charge in [-0.15, -0.1) is 12.4 Å². The van der Waals surface area contributed by atoms with Crippen LogP contribution in [0.2, 0.25) is 0 Å². The predicted molar refractivity (Wildman–Crippen MR) is 96.7 cm³/mol. The third-order valence-electron chi connectivity index (χ3n) is 4.75. The van der Waals surface area contributed by atoms with Crippen molar-refractivity contribution >= 4 is 18.3 Å². The Bertz CT molecular complexity index is 690. The van der Waals surface area contributed by atoms with Gasteiger partial charge in [0.2, 0.25) is 5.91 Å². The van der Waals surface area contributed by atoms with E-state index in [9.17, 15) is 4.79 Å². The Morgan fingerprint density at radius 2 is 2.20 bits per heavy atom. The topological polar surface area (TPSA) is 85.0 Å². The molecule has 7 nitrogen and oxygen atoms in total. The van der Waals surface area contributed by atoms with Crippen molar-refractivity contribution in [2.24, 2.45) is 13.0 Å². The fraction of sp³-hybridized carbons (Fsp3) is 0.588. The van der Waals surface area contributed by atoms with Crippen molar-refractivity contribution in [2.45, 2.75) is 39.2 Å². The summed E-state index contributed by atoms with van der Waals surface area (Å²) in [5.41, 5.74) is 3.06. The van der Waals surface area contributed by atoms with Crippen LogP contribution in [0.15, 0.2) is 16.9 Å². The van der Waals surface area contributed by atoms with Crippen molar-refractivity contribution in [1.29, 1.82) is 0 Å². The van der Waals surface area contributed by atoms with E-state index in [2.05, 4.69) is 20.9 Å². The van der Waals surface area contributed by atoms with Gasteiger partial charge in [0.05, 0.1) is 17.8 Å². The van der Waals surface area contributed by atoms with E-state index in [-0.39, 0.29) is 30.2 Å². The summed E-state index contributed by atoms with van der Waals surface area (Å²) >= 11 is 0. The van der Waals surface area contributed by atoms with Gasteiger partial charge >= 0.3 is 0 Å². The van der Waals surface area contributed by atoms with Crippen molar-refractivity contribution in [3.8, 4) is 0 Å². The predicted octanol–water partition coefficient (Wildman–Crippen LogP) is 1.57. The van der Waals surface area contributed by atoms with Crippen molar-refractivity contribution < 1.29 is 9.32 Å². The van der Waals surface area contributed by atoms with Crippen LogP contribution >= 0.6 is 12.4 Å². The van der Waals surface area contributed by atoms with Crippen LogP contribution in [-0.2, 0) is 31.2 Å². The van der Waals surface area contributed by atoms with Gasteiger partial charge in [-0.25, -0.2) is 0 Å². The largest absolute Gasteiger partial charge is 0.361 e.